The van der Waals surface area contributed by atoms with Crippen LogP contribution in [0.15, 0.2) is 65.6 Å². The predicted octanol–water partition coefficient (Wildman–Crippen LogP) is 3.62. The second-order valence-electron chi connectivity index (χ2n) is 6.17. The fraction of sp³-hybridized carbons (Fsp3) is 0.182. The minimum atomic E-state index is -0.856. The predicted molar refractivity (Wildman–Crippen MR) is 104 cm³/mol. The lowest BCUT2D eigenvalue weighted by Crippen LogP contribution is -2.25. The molecule has 148 valence electrons. The molecule has 2 aromatic carbocycles. The molecule has 1 aliphatic heterocycles. The Balaban J connectivity index is 2.24. The first kappa shape index (κ1) is 20.0. The van der Waals surface area contributed by atoms with Gasteiger partial charge in [0.1, 0.15) is 29.0 Å². The fourth-order valence-electron chi connectivity index (χ4n) is 3.12. The van der Waals surface area contributed by atoms with Crippen LogP contribution in [0.5, 0.6) is 5.75 Å². The number of nitrogens with zero attached hydrogens (tertiary/aromatic N) is 1. The molecule has 2 aromatic rings. The van der Waals surface area contributed by atoms with Gasteiger partial charge < -0.3 is 19.9 Å². The highest BCUT2D eigenvalue weighted by Crippen LogP contribution is 2.43. The highest BCUT2D eigenvalue weighted by atomic mass is 19.1. The molecule has 29 heavy (non-hydrogen) atoms. The number of hydrogen-bond acceptors (Lipinski definition) is 6. The van der Waals surface area contributed by atoms with Crippen LogP contribution in [0.3, 0.4) is 0 Å². The van der Waals surface area contributed by atoms with Crippen molar-refractivity contribution in [1.29, 1.82) is 5.26 Å². The molecule has 0 aliphatic carbocycles. The lowest BCUT2D eigenvalue weighted by atomic mass is 9.82. The lowest BCUT2D eigenvalue weighted by Gasteiger charge is -2.28. The van der Waals surface area contributed by atoms with Crippen molar-refractivity contribution in [1.82, 2.24) is 0 Å². The van der Waals surface area contributed by atoms with Gasteiger partial charge in [0.25, 0.3) is 0 Å². The SMILES string of the molecule is CCOC(=O)C1=C(c2ccc(OC)cc2)OC(N)=C(C#N)[C@H]1c1ccc(F)cc1. The van der Waals surface area contributed by atoms with E-state index in [0.29, 0.717) is 16.9 Å². The van der Waals surface area contributed by atoms with Crippen LogP contribution < -0.4 is 10.5 Å². The van der Waals surface area contributed by atoms with Crippen molar-refractivity contribution in [3.05, 3.63) is 82.5 Å². The molecule has 0 saturated heterocycles. The van der Waals surface area contributed by atoms with Gasteiger partial charge in [-0.15, -0.1) is 0 Å². The number of methoxy groups -OCH3 is 1. The number of carbonyl (C=O) groups is 1. The van der Waals surface area contributed by atoms with E-state index in [1.807, 2.05) is 6.07 Å². The number of nitriles is 1. The van der Waals surface area contributed by atoms with E-state index in [2.05, 4.69) is 0 Å². The molecule has 0 radical (unpaired) electrons. The minimum absolute atomic E-state index is 0.0527. The summed E-state index contributed by atoms with van der Waals surface area (Å²) in [6.07, 6.45) is 0. The summed E-state index contributed by atoms with van der Waals surface area (Å²) in [6, 6.07) is 14.4. The van der Waals surface area contributed by atoms with Gasteiger partial charge in [0.15, 0.2) is 0 Å². The number of ether oxygens (including phenoxy) is 3. The van der Waals surface area contributed by atoms with Crippen molar-refractivity contribution in [2.24, 2.45) is 5.73 Å². The largest absolute Gasteiger partial charge is 0.497 e. The number of benzene rings is 2. The summed E-state index contributed by atoms with van der Waals surface area (Å²) in [5.41, 5.74) is 7.26. The van der Waals surface area contributed by atoms with Crippen LogP contribution in [-0.2, 0) is 14.3 Å². The van der Waals surface area contributed by atoms with Crippen LogP contribution in [0.1, 0.15) is 24.0 Å². The van der Waals surface area contributed by atoms with Crippen LogP contribution in [0.2, 0.25) is 0 Å². The molecular weight excluding hydrogens is 375 g/mol. The summed E-state index contributed by atoms with van der Waals surface area (Å²) in [5.74, 6) is -1.26. The quantitative estimate of drug-likeness (QED) is 0.779. The van der Waals surface area contributed by atoms with Crippen molar-refractivity contribution < 1.29 is 23.4 Å². The Labute approximate surface area is 167 Å². The van der Waals surface area contributed by atoms with Crippen molar-refractivity contribution in [3.63, 3.8) is 0 Å². The first-order valence-electron chi connectivity index (χ1n) is 8.88. The number of esters is 1. The monoisotopic (exact) mass is 394 g/mol. The molecule has 2 N–H and O–H groups in total. The zero-order chi connectivity index (χ0) is 21.0. The van der Waals surface area contributed by atoms with Crippen molar-refractivity contribution in [2.45, 2.75) is 12.8 Å². The maximum Gasteiger partial charge on any atom is 0.338 e. The van der Waals surface area contributed by atoms with E-state index < -0.39 is 17.7 Å². The van der Waals surface area contributed by atoms with Crippen LogP contribution in [0, 0.1) is 17.1 Å². The molecule has 3 rings (SSSR count). The van der Waals surface area contributed by atoms with E-state index in [4.69, 9.17) is 19.9 Å². The topological polar surface area (TPSA) is 94.6 Å². The summed E-state index contributed by atoms with van der Waals surface area (Å²) >= 11 is 0. The van der Waals surface area contributed by atoms with Gasteiger partial charge >= 0.3 is 5.97 Å². The molecule has 0 spiro atoms. The Morgan fingerprint density at radius 2 is 1.86 bits per heavy atom. The van der Waals surface area contributed by atoms with Crippen LogP contribution in [-0.4, -0.2) is 19.7 Å². The second kappa shape index (κ2) is 8.48. The Morgan fingerprint density at radius 1 is 1.21 bits per heavy atom. The molecule has 0 fully saturated rings. The highest BCUT2D eigenvalue weighted by Gasteiger charge is 2.38. The van der Waals surface area contributed by atoms with Crippen molar-refractivity contribution >= 4 is 11.7 Å². The average Bonchev–Trinajstić information content (AvgIpc) is 2.73. The Hall–Kier alpha value is -3.79. The molecular formula is C22H19FN2O4. The molecule has 0 unspecified atom stereocenters. The summed E-state index contributed by atoms with van der Waals surface area (Å²) in [5, 5.41) is 9.67. The first-order valence-corrected chi connectivity index (χ1v) is 8.88. The minimum Gasteiger partial charge on any atom is -0.497 e. The first-order chi connectivity index (χ1) is 14.0. The Kier molecular flexibility index (Phi) is 5.84. The number of carbonyl (C=O) groups excluding carboxylic acids is 1. The molecule has 7 heteroatoms. The number of allylic oxidation sites excluding steroid dienone is 1. The van der Waals surface area contributed by atoms with E-state index in [1.54, 1.807) is 38.3 Å². The summed E-state index contributed by atoms with van der Waals surface area (Å²) < 4.78 is 29.6. The van der Waals surface area contributed by atoms with Gasteiger partial charge in [-0.25, -0.2) is 9.18 Å². The van der Waals surface area contributed by atoms with E-state index >= 15 is 0 Å². The van der Waals surface area contributed by atoms with Crippen molar-refractivity contribution in [3.8, 4) is 11.8 Å². The third kappa shape index (κ3) is 3.92. The van der Waals surface area contributed by atoms with E-state index in [-0.39, 0.29) is 29.4 Å². The van der Waals surface area contributed by atoms with E-state index in [0.717, 1.165) is 0 Å². The molecule has 6 nitrogen and oxygen atoms in total. The summed E-state index contributed by atoms with van der Waals surface area (Å²) in [4.78, 5) is 12.9. The third-order valence-corrected chi connectivity index (χ3v) is 4.47. The van der Waals surface area contributed by atoms with Crippen LogP contribution >= 0.6 is 0 Å². The summed E-state index contributed by atoms with van der Waals surface area (Å²) in [6.45, 7) is 1.81. The highest BCUT2D eigenvalue weighted by molar-refractivity contribution is 5.99. The standard InChI is InChI=1S/C22H19FN2O4/c1-3-28-22(26)19-18(13-4-8-15(23)9-5-13)17(12-24)21(25)29-20(19)14-6-10-16(27-2)11-7-14/h4-11,18H,3,25H2,1-2H3/t18-/m1/s1. The van der Waals surface area contributed by atoms with Gasteiger partial charge in [-0.3, -0.25) is 0 Å². The van der Waals surface area contributed by atoms with Gasteiger partial charge in [0.2, 0.25) is 5.88 Å². The van der Waals surface area contributed by atoms with Gasteiger partial charge in [0, 0.05) is 5.56 Å². The zero-order valence-corrected chi connectivity index (χ0v) is 15.9. The third-order valence-electron chi connectivity index (χ3n) is 4.47. The number of halogens is 1. The summed E-state index contributed by atoms with van der Waals surface area (Å²) in [7, 11) is 1.54. The number of rotatable bonds is 5. The number of nitrogens with two attached hydrogens (primary N) is 1. The Bertz CT molecular complexity index is 1020. The fourth-order valence-corrected chi connectivity index (χ4v) is 3.12. The van der Waals surface area contributed by atoms with Gasteiger partial charge in [-0.05, 0) is 48.9 Å². The molecule has 0 saturated carbocycles. The molecule has 1 aliphatic rings. The Morgan fingerprint density at radius 3 is 2.41 bits per heavy atom. The zero-order valence-electron chi connectivity index (χ0n) is 15.9. The van der Waals surface area contributed by atoms with Gasteiger partial charge in [-0.1, -0.05) is 12.1 Å². The van der Waals surface area contributed by atoms with Gasteiger partial charge in [-0.2, -0.15) is 5.26 Å². The smallest absolute Gasteiger partial charge is 0.338 e. The molecule has 0 amide bonds. The van der Waals surface area contributed by atoms with Gasteiger partial charge in [0.05, 0.1) is 25.2 Å². The normalized spacial score (nSPS) is 16.1. The van der Waals surface area contributed by atoms with E-state index in [1.165, 1.54) is 24.3 Å². The van der Waals surface area contributed by atoms with Crippen LogP contribution in [0.4, 0.5) is 4.39 Å². The van der Waals surface area contributed by atoms with Crippen molar-refractivity contribution in [2.75, 3.05) is 13.7 Å². The van der Waals surface area contributed by atoms with E-state index in [9.17, 15) is 14.4 Å². The lowest BCUT2D eigenvalue weighted by molar-refractivity contribution is -0.138. The molecule has 1 atom stereocenters. The maximum absolute atomic E-state index is 13.5. The molecule has 0 bridgehead atoms. The maximum atomic E-state index is 13.5. The van der Waals surface area contributed by atoms with Crippen LogP contribution in [0.25, 0.3) is 5.76 Å². The number of hydrogen-bond donors (Lipinski definition) is 1. The average molecular weight is 394 g/mol. The molecule has 0 aromatic heterocycles. The molecule has 1 heterocycles. The second-order valence-corrected chi connectivity index (χ2v) is 6.17.